The van der Waals surface area contributed by atoms with E-state index >= 15 is 0 Å². The molecular formula is C34H38N2O2. The van der Waals surface area contributed by atoms with Crippen LogP contribution in [0.15, 0.2) is 97.1 Å². The molecule has 0 aliphatic rings. The Kier molecular flexibility index (Phi) is 9.31. The lowest BCUT2D eigenvalue weighted by molar-refractivity contribution is -0.141. The molecule has 0 saturated heterocycles. The fourth-order valence-electron chi connectivity index (χ4n) is 4.78. The summed E-state index contributed by atoms with van der Waals surface area (Å²) in [6, 6.07) is 32.1. The van der Waals surface area contributed by atoms with Crippen LogP contribution in [0.4, 0.5) is 0 Å². The summed E-state index contributed by atoms with van der Waals surface area (Å²) in [5.41, 5.74) is 4.37. The van der Waals surface area contributed by atoms with Crippen LogP contribution in [-0.2, 0) is 29.0 Å². The standard InChI is InChI=1S/C34H38N2O2/c1-4-26(3)35-34(38)32(23-27-11-6-5-7-12-27)36(24-28-19-17-25(2)18-20-28)33(37)22-21-30-15-10-14-29-13-8-9-16-31(29)30/h5-20,26,32H,4,21-24H2,1-3H3,(H,35,38)/t26-,32-/m1/s1. The Morgan fingerprint density at radius 3 is 2.24 bits per heavy atom. The number of benzene rings is 4. The number of nitrogens with zero attached hydrogens (tertiary/aromatic N) is 1. The van der Waals surface area contributed by atoms with Crippen molar-refractivity contribution in [3.63, 3.8) is 0 Å². The molecule has 0 aromatic heterocycles. The minimum Gasteiger partial charge on any atom is -0.352 e. The van der Waals surface area contributed by atoms with E-state index in [4.69, 9.17) is 0 Å². The third-order valence-corrected chi connectivity index (χ3v) is 7.23. The Bertz CT molecular complexity index is 1340. The maximum atomic E-state index is 14.0. The number of carbonyl (C=O) groups is 2. The van der Waals surface area contributed by atoms with E-state index in [1.807, 2.05) is 67.6 Å². The van der Waals surface area contributed by atoms with E-state index in [1.165, 1.54) is 10.8 Å². The van der Waals surface area contributed by atoms with Crippen molar-refractivity contribution in [1.29, 1.82) is 0 Å². The number of hydrogen-bond donors (Lipinski definition) is 1. The van der Waals surface area contributed by atoms with Gasteiger partial charge in [0.15, 0.2) is 0 Å². The highest BCUT2D eigenvalue weighted by atomic mass is 16.2. The van der Waals surface area contributed by atoms with Gasteiger partial charge >= 0.3 is 0 Å². The lowest BCUT2D eigenvalue weighted by Gasteiger charge is -2.32. The number of amides is 2. The SMILES string of the molecule is CC[C@@H](C)NC(=O)[C@@H](Cc1ccccc1)N(Cc1ccc(C)cc1)C(=O)CCc1cccc2ccccc12. The maximum Gasteiger partial charge on any atom is 0.243 e. The van der Waals surface area contributed by atoms with Gasteiger partial charge in [-0.25, -0.2) is 0 Å². The minimum atomic E-state index is -0.604. The number of carbonyl (C=O) groups excluding carboxylic acids is 2. The molecule has 0 fully saturated rings. The Labute approximate surface area is 226 Å². The number of rotatable bonds is 11. The minimum absolute atomic E-state index is 0.0151. The van der Waals surface area contributed by atoms with Gasteiger partial charge in [0, 0.05) is 25.4 Å². The molecule has 0 aliphatic carbocycles. The van der Waals surface area contributed by atoms with Gasteiger partial charge in [-0.2, -0.15) is 0 Å². The summed E-state index contributed by atoms with van der Waals surface area (Å²) in [5.74, 6) is -0.118. The van der Waals surface area contributed by atoms with Crippen LogP contribution in [0.1, 0.15) is 48.9 Å². The predicted molar refractivity (Wildman–Crippen MR) is 156 cm³/mol. The van der Waals surface area contributed by atoms with Gasteiger partial charge in [-0.1, -0.05) is 110 Å². The van der Waals surface area contributed by atoms with Crippen LogP contribution in [0.2, 0.25) is 0 Å². The number of nitrogens with one attached hydrogen (secondary N) is 1. The summed E-state index contributed by atoms with van der Waals surface area (Å²) in [6.07, 6.45) is 2.25. The van der Waals surface area contributed by atoms with Crippen molar-refractivity contribution in [3.8, 4) is 0 Å². The van der Waals surface area contributed by atoms with Crippen molar-refractivity contribution in [2.45, 2.75) is 65.1 Å². The summed E-state index contributed by atoms with van der Waals surface area (Å²) in [5, 5.41) is 5.49. The van der Waals surface area contributed by atoms with Crippen molar-refractivity contribution in [2.24, 2.45) is 0 Å². The first-order chi connectivity index (χ1) is 18.4. The molecule has 4 aromatic carbocycles. The van der Waals surface area contributed by atoms with Gasteiger partial charge in [-0.05, 0) is 54.2 Å². The molecule has 196 valence electrons. The monoisotopic (exact) mass is 506 g/mol. The number of aryl methyl sites for hydroxylation is 2. The quantitative estimate of drug-likeness (QED) is 0.248. The molecule has 4 heteroatoms. The molecule has 1 N–H and O–H groups in total. The second-order valence-electron chi connectivity index (χ2n) is 10.2. The lowest BCUT2D eigenvalue weighted by Crippen LogP contribution is -2.52. The highest BCUT2D eigenvalue weighted by Gasteiger charge is 2.30. The smallest absolute Gasteiger partial charge is 0.243 e. The van der Waals surface area contributed by atoms with Gasteiger partial charge in [0.1, 0.15) is 6.04 Å². The zero-order valence-electron chi connectivity index (χ0n) is 22.7. The van der Waals surface area contributed by atoms with E-state index in [1.54, 1.807) is 4.90 Å². The first-order valence-corrected chi connectivity index (χ1v) is 13.6. The molecule has 0 saturated carbocycles. The Morgan fingerprint density at radius 2 is 1.50 bits per heavy atom. The second kappa shape index (κ2) is 13.0. The number of hydrogen-bond acceptors (Lipinski definition) is 2. The Morgan fingerprint density at radius 1 is 0.816 bits per heavy atom. The largest absolute Gasteiger partial charge is 0.352 e. The molecule has 38 heavy (non-hydrogen) atoms. The van der Waals surface area contributed by atoms with Crippen LogP contribution in [0, 0.1) is 6.92 Å². The highest BCUT2D eigenvalue weighted by Crippen LogP contribution is 2.22. The molecule has 2 amide bonds. The van der Waals surface area contributed by atoms with Crippen LogP contribution >= 0.6 is 0 Å². The van der Waals surface area contributed by atoms with E-state index in [9.17, 15) is 9.59 Å². The van der Waals surface area contributed by atoms with Crippen molar-refractivity contribution in [1.82, 2.24) is 10.2 Å². The molecule has 0 spiro atoms. The third-order valence-electron chi connectivity index (χ3n) is 7.23. The molecule has 4 aromatic rings. The molecule has 0 bridgehead atoms. The summed E-state index contributed by atoms with van der Waals surface area (Å²) in [7, 11) is 0. The fraction of sp³-hybridized carbons (Fsp3) is 0.294. The van der Waals surface area contributed by atoms with Crippen LogP contribution in [-0.4, -0.2) is 28.8 Å². The Hall–Kier alpha value is -3.92. The van der Waals surface area contributed by atoms with Crippen molar-refractivity contribution in [3.05, 3.63) is 119 Å². The van der Waals surface area contributed by atoms with E-state index in [0.29, 0.717) is 25.8 Å². The zero-order valence-corrected chi connectivity index (χ0v) is 22.7. The van der Waals surface area contributed by atoms with Gasteiger partial charge < -0.3 is 10.2 Å². The first-order valence-electron chi connectivity index (χ1n) is 13.6. The van der Waals surface area contributed by atoms with E-state index < -0.39 is 6.04 Å². The second-order valence-corrected chi connectivity index (χ2v) is 10.2. The number of fused-ring (bicyclic) bond motifs is 1. The molecular weight excluding hydrogens is 468 g/mol. The first kappa shape index (κ1) is 27.1. The molecule has 0 aliphatic heterocycles. The molecule has 4 nitrogen and oxygen atoms in total. The van der Waals surface area contributed by atoms with Crippen LogP contribution in [0.3, 0.4) is 0 Å². The normalized spacial score (nSPS) is 12.6. The summed E-state index contributed by atoms with van der Waals surface area (Å²) >= 11 is 0. The molecule has 0 radical (unpaired) electrons. The van der Waals surface area contributed by atoms with Gasteiger partial charge in [0.25, 0.3) is 0 Å². The van der Waals surface area contributed by atoms with E-state index in [-0.39, 0.29) is 17.9 Å². The Balaban J connectivity index is 1.64. The highest BCUT2D eigenvalue weighted by molar-refractivity contribution is 5.89. The average Bonchev–Trinajstić information content (AvgIpc) is 2.95. The summed E-state index contributed by atoms with van der Waals surface area (Å²) in [4.78, 5) is 29.4. The van der Waals surface area contributed by atoms with Crippen LogP contribution in [0.5, 0.6) is 0 Å². The molecule has 4 rings (SSSR count). The predicted octanol–water partition coefficient (Wildman–Crippen LogP) is 6.64. The average molecular weight is 507 g/mol. The van der Waals surface area contributed by atoms with E-state index in [2.05, 4.69) is 55.6 Å². The zero-order chi connectivity index (χ0) is 26.9. The summed E-state index contributed by atoms with van der Waals surface area (Å²) < 4.78 is 0. The van der Waals surface area contributed by atoms with Crippen molar-refractivity contribution >= 4 is 22.6 Å². The molecule has 0 unspecified atom stereocenters. The summed E-state index contributed by atoms with van der Waals surface area (Å²) in [6.45, 7) is 6.50. The topological polar surface area (TPSA) is 49.4 Å². The van der Waals surface area contributed by atoms with Gasteiger partial charge in [0.2, 0.25) is 11.8 Å². The van der Waals surface area contributed by atoms with Crippen LogP contribution < -0.4 is 5.32 Å². The van der Waals surface area contributed by atoms with Gasteiger partial charge in [-0.15, -0.1) is 0 Å². The van der Waals surface area contributed by atoms with Crippen molar-refractivity contribution in [2.75, 3.05) is 0 Å². The molecule has 0 heterocycles. The van der Waals surface area contributed by atoms with Gasteiger partial charge in [-0.3, -0.25) is 9.59 Å². The van der Waals surface area contributed by atoms with E-state index in [0.717, 1.165) is 28.7 Å². The maximum absolute atomic E-state index is 14.0. The molecule has 2 atom stereocenters. The van der Waals surface area contributed by atoms with Crippen LogP contribution in [0.25, 0.3) is 10.8 Å². The third kappa shape index (κ3) is 7.10. The van der Waals surface area contributed by atoms with Gasteiger partial charge in [0.05, 0.1) is 0 Å². The van der Waals surface area contributed by atoms with Crippen molar-refractivity contribution < 1.29 is 9.59 Å². The lowest BCUT2D eigenvalue weighted by atomic mass is 9.99. The fourth-order valence-corrected chi connectivity index (χ4v) is 4.78.